The van der Waals surface area contributed by atoms with Crippen molar-refractivity contribution in [3.05, 3.63) is 46.1 Å². The predicted octanol–water partition coefficient (Wildman–Crippen LogP) is 4.47. The number of hydrogen-bond acceptors (Lipinski definition) is 4. The van der Waals surface area contributed by atoms with Crippen LogP contribution >= 0.6 is 11.6 Å². The SMILES string of the molecule is CCOC(=O)C1C(CC)=NC2=C(C(=O)CCC2)[C@@H]1c1ccc(Cl)cc1. The van der Waals surface area contributed by atoms with Gasteiger partial charge in [0.25, 0.3) is 0 Å². The maximum atomic E-state index is 12.7. The van der Waals surface area contributed by atoms with E-state index in [1.807, 2.05) is 19.1 Å². The Morgan fingerprint density at radius 3 is 2.60 bits per heavy atom. The Bertz CT molecular complexity index is 749. The average Bonchev–Trinajstić information content (AvgIpc) is 2.61. The van der Waals surface area contributed by atoms with E-state index in [0.717, 1.165) is 29.8 Å². The molecule has 1 heterocycles. The van der Waals surface area contributed by atoms with Crippen LogP contribution in [-0.4, -0.2) is 24.1 Å². The Balaban J connectivity index is 2.16. The molecule has 2 aliphatic rings. The summed E-state index contributed by atoms with van der Waals surface area (Å²) in [5, 5.41) is 0.626. The summed E-state index contributed by atoms with van der Waals surface area (Å²) in [6.07, 6.45) is 2.76. The second-order valence-electron chi connectivity index (χ2n) is 6.35. The van der Waals surface area contributed by atoms with E-state index in [2.05, 4.69) is 0 Å². The van der Waals surface area contributed by atoms with E-state index in [1.165, 1.54) is 0 Å². The summed E-state index contributed by atoms with van der Waals surface area (Å²) in [7, 11) is 0. The van der Waals surface area contributed by atoms with E-state index in [9.17, 15) is 9.59 Å². The van der Waals surface area contributed by atoms with Crippen LogP contribution in [0.3, 0.4) is 0 Å². The minimum atomic E-state index is -0.549. The molecule has 0 saturated heterocycles. The van der Waals surface area contributed by atoms with E-state index >= 15 is 0 Å². The van der Waals surface area contributed by atoms with Gasteiger partial charge in [0.2, 0.25) is 0 Å². The number of nitrogens with zero attached hydrogens (tertiary/aromatic N) is 1. The van der Waals surface area contributed by atoms with Crippen LogP contribution in [0.2, 0.25) is 5.02 Å². The Kier molecular flexibility index (Phi) is 5.38. The molecule has 0 saturated carbocycles. The zero-order chi connectivity index (χ0) is 18.0. The fourth-order valence-corrected chi connectivity index (χ4v) is 3.88. The minimum Gasteiger partial charge on any atom is -0.465 e. The first kappa shape index (κ1) is 17.9. The number of rotatable bonds is 4. The summed E-state index contributed by atoms with van der Waals surface area (Å²) >= 11 is 6.03. The topological polar surface area (TPSA) is 55.7 Å². The van der Waals surface area contributed by atoms with Crippen molar-refractivity contribution in [1.29, 1.82) is 0 Å². The number of esters is 1. The van der Waals surface area contributed by atoms with Gasteiger partial charge in [0.05, 0.1) is 6.61 Å². The van der Waals surface area contributed by atoms with Gasteiger partial charge in [-0.3, -0.25) is 14.6 Å². The molecule has 1 aromatic rings. The maximum absolute atomic E-state index is 12.7. The Morgan fingerprint density at radius 2 is 1.96 bits per heavy atom. The van der Waals surface area contributed by atoms with Crippen LogP contribution in [0.15, 0.2) is 40.5 Å². The van der Waals surface area contributed by atoms with Gasteiger partial charge in [-0.15, -0.1) is 0 Å². The third-order valence-corrected chi connectivity index (χ3v) is 5.09. The van der Waals surface area contributed by atoms with Crippen molar-refractivity contribution >= 4 is 29.1 Å². The van der Waals surface area contributed by atoms with Gasteiger partial charge in [0.1, 0.15) is 5.92 Å². The van der Waals surface area contributed by atoms with E-state index in [-0.39, 0.29) is 17.7 Å². The summed E-state index contributed by atoms with van der Waals surface area (Å²) in [4.78, 5) is 30.1. The van der Waals surface area contributed by atoms with Crippen molar-refractivity contribution in [2.24, 2.45) is 10.9 Å². The van der Waals surface area contributed by atoms with Gasteiger partial charge in [-0.25, -0.2) is 0 Å². The average molecular weight is 360 g/mol. The largest absolute Gasteiger partial charge is 0.465 e. The van der Waals surface area contributed by atoms with Gasteiger partial charge in [0.15, 0.2) is 5.78 Å². The van der Waals surface area contributed by atoms with Crippen molar-refractivity contribution in [3.8, 4) is 0 Å². The first-order chi connectivity index (χ1) is 12.1. The predicted molar refractivity (Wildman–Crippen MR) is 97.9 cm³/mol. The highest BCUT2D eigenvalue weighted by Gasteiger charge is 2.43. The number of Topliss-reactive ketones (excluding diaryl/α,β-unsaturated/α-hetero) is 1. The lowest BCUT2D eigenvalue weighted by Gasteiger charge is -2.35. The number of halogens is 1. The number of allylic oxidation sites excluding steroid dienone is 2. The second kappa shape index (κ2) is 7.52. The third-order valence-electron chi connectivity index (χ3n) is 4.84. The quantitative estimate of drug-likeness (QED) is 0.745. The maximum Gasteiger partial charge on any atom is 0.315 e. The molecular weight excluding hydrogens is 338 g/mol. The van der Waals surface area contributed by atoms with Crippen LogP contribution in [0.4, 0.5) is 0 Å². The molecule has 5 heteroatoms. The van der Waals surface area contributed by atoms with Crippen LogP contribution in [0.1, 0.15) is 51.0 Å². The molecule has 1 aliphatic heterocycles. The van der Waals surface area contributed by atoms with Crippen LogP contribution in [-0.2, 0) is 14.3 Å². The molecule has 1 unspecified atom stereocenters. The Morgan fingerprint density at radius 1 is 1.24 bits per heavy atom. The molecule has 0 N–H and O–H groups in total. The molecule has 0 amide bonds. The highest BCUT2D eigenvalue weighted by molar-refractivity contribution is 6.30. The van der Waals surface area contributed by atoms with E-state index in [4.69, 9.17) is 21.3 Å². The van der Waals surface area contributed by atoms with Gasteiger partial charge in [0, 0.05) is 34.3 Å². The van der Waals surface area contributed by atoms with E-state index in [1.54, 1.807) is 19.1 Å². The fourth-order valence-electron chi connectivity index (χ4n) is 3.75. The summed E-state index contributed by atoms with van der Waals surface area (Å²) < 4.78 is 5.32. The molecule has 4 nitrogen and oxygen atoms in total. The van der Waals surface area contributed by atoms with Gasteiger partial charge in [-0.2, -0.15) is 0 Å². The van der Waals surface area contributed by atoms with Crippen LogP contribution in [0.25, 0.3) is 0 Å². The molecule has 0 aromatic heterocycles. The molecule has 0 fully saturated rings. The Hall–Kier alpha value is -1.94. The zero-order valence-corrected chi connectivity index (χ0v) is 15.3. The molecular formula is C20H22ClNO3. The number of carbonyl (C=O) groups excluding carboxylic acids is 2. The summed E-state index contributed by atoms with van der Waals surface area (Å²) in [6, 6.07) is 7.38. The van der Waals surface area contributed by atoms with Gasteiger partial charge in [-0.1, -0.05) is 30.7 Å². The number of hydrogen-bond donors (Lipinski definition) is 0. The van der Waals surface area contributed by atoms with Crippen LogP contribution < -0.4 is 0 Å². The monoisotopic (exact) mass is 359 g/mol. The fraction of sp³-hybridized carbons (Fsp3) is 0.450. The summed E-state index contributed by atoms with van der Waals surface area (Å²) in [6.45, 7) is 4.08. The van der Waals surface area contributed by atoms with Crippen molar-refractivity contribution in [2.45, 2.75) is 45.4 Å². The number of carbonyl (C=O) groups is 2. The Labute approximate surface area is 152 Å². The molecule has 0 bridgehead atoms. The lowest BCUT2D eigenvalue weighted by Crippen LogP contribution is -2.38. The number of aliphatic imine (C=N–C) groups is 1. The number of ether oxygens (including phenoxy) is 1. The van der Waals surface area contributed by atoms with Gasteiger partial charge in [-0.05, 0) is 43.9 Å². The normalized spacial score (nSPS) is 23.2. The number of benzene rings is 1. The lowest BCUT2D eigenvalue weighted by molar-refractivity contribution is -0.146. The van der Waals surface area contributed by atoms with E-state index in [0.29, 0.717) is 30.0 Å². The summed E-state index contributed by atoms with van der Waals surface area (Å²) in [5.41, 5.74) is 3.23. The highest BCUT2D eigenvalue weighted by atomic mass is 35.5. The van der Waals surface area contributed by atoms with Crippen molar-refractivity contribution in [2.75, 3.05) is 6.61 Å². The molecule has 3 rings (SSSR count). The molecule has 25 heavy (non-hydrogen) atoms. The minimum absolute atomic E-state index is 0.0920. The van der Waals surface area contributed by atoms with Crippen molar-refractivity contribution < 1.29 is 14.3 Å². The first-order valence-corrected chi connectivity index (χ1v) is 9.20. The zero-order valence-electron chi connectivity index (χ0n) is 14.5. The lowest BCUT2D eigenvalue weighted by atomic mass is 9.71. The molecule has 0 radical (unpaired) electrons. The summed E-state index contributed by atoms with van der Waals surface area (Å²) in [5.74, 6) is -1.11. The van der Waals surface area contributed by atoms with Crippen molar-refractivity contribution in [3.63, 3.8) is 0 Å². The number of ketones is 1. The second-order valence-corrected chi connectivity index (χ2v) is 6.79. The highest BCUT2D eigenvalue weighted by Crippen LogP contribution is 2.44. The van der Waals surface area contributed by atoms with E-state index < -0.39 is 5.92 Å². The molecule has 132 valence electrons. The third kappa shape index (κ3) is 3.40. The van der Waals surface area contributed by atoms with Gasteiger partial charge >= 0.3 is 5.97 Å². The first-order valence-electron chi connectivity index (χ1n) is 8.82. The molecule has 2 atom stereocenters. The standard InChI is InChI=1S/C20H22ClNO3/c1-3-14-19(20(24)25-4-2)17(12-8-10-13(21)11-9-12)18-15(22-14)6-5-7-16(18)23/h8-11,17,19H,3-7H2,1-2H3/t17-,19?/m0/s1. The van der Waals surface area contributed by atoms with Crippen molar-refractivity contribution in [1.82, 2.24) is 0 Å². The van der Waals surface area contributed by atoms with Gasteiger partial charge < -0.3 is 4.74 Å². The molecule has 1 aromatic carbocycles. The van der Waals surface area contributed by atoms with Crippen LogP contribution in [0, 0.1) is 5.92 Å². The molecule has 1 aliphatic carbocycles. The van der Waals surface area contributed by atoms with Crippen LogP contribution in [0.5, 0.6) is 0 Å². The molecule has 0 spiro atoms. The smallest absolute Gasteiger partial charge is 0.315 e.